The van der Waals surface area contributed by atoms with Crippen LogP contribution in [0.15, 0.2) is 21.7 Å². The Bertz CT molecular complexity index is 759. The number of carbonyl (C=O) groups excluding carboxylic acids is 1. The Morgan fingerprint density at radius 1 is 1.39 bits per heavy atom. The first-order valence-corrected chi connectivity index (χ1v) is 8.26. The van der Waals surface area contributed by atoms with Gasteiger partial charge in [-0.15, -0.1) is 0 Å². The van der Waals surface area contributed by atoms with E-state index in [2.05, 4.69) is 31.4 Å². The van der Waals surface area contributed by atoms with Crippen LogP contribution in [0, 0.1) is 6.92 Å². The normalized spacial score (nSPS) is 10.8. The number of hydrogen-bond acceptors (Lipinski definition) is 7. The number of benzene rings is 1. The van der Waals surface area contributed by atoms with Crippen LogP contribution in [0.1, 0.15) is 27.9 Å². The molecule has 0 saturated heterocycles. The maximum Gasteiger partial charge on any atom is 0.204 e. The third kappa shape index (κ3) is 4.08. The topological polar surface area (TPSA) is 72.8 Å². The molecule has 0 fully saturated rings. The van der Waals surface area contributed by atoms with E-state index in [9.17, 15) is 4.79 Å². The lowest BCUT2D eigenvalue weighted by Gasteiger charge is -2.10. The molecule has 1 N–H and O–H groups in total. The van der Waals surface area contributed by atoms with Crippen molar-refractivity contribution in [3.63, 3.8) is 0 Å². The Balaban J connectivity index is 2.16. The minimum atomic E-state index is 0.000788. The van der Waals surface area contributed by atoms with Gasteiger partial charge in [-0.2, -0.15) is 5.10 Å². The summed E-state index contributed by atoms with van der Waals surface area (Å²) in [5.41, 5.74) is 4.36. The fraction of sp³-hybridized carbons (Fsp3) is 0.267. The number of thiazole rings is 1. The Kier molecular flexibility index (Phi) is 5.73. The summed E-state index contributed by atoms with van der Waals surface area (Å²) in [4.78, 5) is 16.3. The molecule has 0 aliphatic rings. The highest BCUT2D eigenvalue weighted by atomic mass is 79.9. The molecule has 1 aromatic heterocycles. The van der Waals surface area contributed by atoms with E-state index in [1.807, 2.05) is 12.1 Å². The minimum Gasteiger partial charge on any atom is -0.493 e. The number of carbonyl (C=O) groups is 1. The number of anilines is 1. The van der Waals surface area contributed by atoms with E-state index in [1.165, 1.54) is 18.3 Å². The molecule has 2 rings (SSSR count). The van der Waals surface area contributed by atoms with Crippen LogP contribution in [0.2, 0.25) is 0 Å². The number of ether oxygens (including phenoxy) is 2. The molecule has 2 aromatic rings. The smallest absolute Gasteiger partial charge is 0.204 e. The first kappa shape index (κ1) is 17.4. The van der Waals surface area contributed by atoms with Crippen LogP contribution in [0.3, 0.4) is 0 Å². The number of halogens is 1. The SMILES string of the molecule is COc1cc(/C=N\Nc2nc(C)c(C(C)=O)s2)cc(Br)c1OC. The summed E-state index contributed by atoms with van der Waals surface area (Å²) in [5, 5.41) is 4.71. The van der Waals surface area contributed by atoms with Crippen molar-refractivity contribution in [3.8, 4) is 11.5 Å². The molecular formula is C15H16BrN3O3S. The molecule has 23 heavy (non-hydrogen) atoms. The number of aryl methyl sites for hydroxylation is 1. The van der Waals surface area contributed by atoms with Crippen molar-refractivity contribution < 1.29 is 14.3 Å². The maximum absolute atomic E-state index is 11.4. The first-order valence-electron chi connectivity index (χ1n) is 6.65. The fourth-order valence-electron chi connectivity index (χ4n) is 1.95. The molecule has 0 amide bonds. The fourth-order valence-corrected chi connectivity index (χ4v) is 3.38. The monoisotopic (exact) mass is 397 g/mol. The van der Waals surface area contributed by atoms with Crippen LogP contribution in [0.25, 0.3) is 0 Å². The number of nitrogens with zero attached hydrogens (tertiary/aromatic N) is 2. The van der Waals surface area contributed by atoms with Gasteiger partial charge in [0, 0.05) is 6.92 Å². The van der Waals surface area contributed by atoms with Crippen molar-refractivity contribution in [3.05, 3.63) is 32.7 Å². The standard InChI is InChI=1S/C15H16BrN3O3S/c1-8-14(9(2)20)23-15(18-8)19-17-7-10-5-11(16)13(22-4)12(6-10)21-3/h5-7H,1-4H3,(H,18,19)/b17-7-. The van der Waals surface area contributed by atoms with E-state index in [0.29, 0.717) is 27.2 Å². The van der Waals surface area contributed by atoms with Crippen LogP contribution >= 0.6 is 27.3 Å². The third-order valence-electron chi connectivity index (χ3n) is 2.95. The summed E-state index contributed by atoms with van der Waals surface area (Å²) in [7, 11) is 3.15. The molecule has 0 saturated carbocycles. The predicted molar refractivity (Wildman–Crippen MR) is 95.3 cm³/mol. The summed E-state index contributed by atoms with van der Waals surface area (Å²) < 4.78 is 11.3. The van der Waals surface area contributed by atoms with Crippen molar-refractivity contribution in [2.24, 2.45) is 5.10 Å². The van der Waals surface area contributed by atoms with Crippen molar-refractivity contribution in [2.45, 2.75) is 13.8 Å². The minimum absolute atomic E-state index is 0.000788. The van der Waals surface area contributed by atoms with Gasteiger partial charge in [-0.25, -0.2) is 4.98 Å². The number of hydrazone groups is 1. The van der Waals surface area contributed by atoms with Gasteiger partial charge in [0.1, 0.15) is 0 Å². The summed E-state index contributed by atoms with van der Waals surface area (Å²) in [6.07, 6.45) is 1.64. The van der Waals surface area contributed by atoms with Crippen LogP contribution in [0.5, 0.6) is 11.5 Å². The molecule has 1 aromatic carbocycles. The summed E-state index contributed by atoms with van der Waals surface area (Å²) in [6.45, 7) is 3.32. The lowest BCUT2D eigenvalue weighted by molar-refractivity contribution is 0.102. The number of nitrogens with one attached hydrogen (secondary N) is 1. The molecule has 8 heteroatoms. The molecule has 0 aliphatic heterocycles. The van der Waals surface area contributed by atoms with Crippen LogP contribution in [-0.2, 0) is 0 Å². The number of aromatic nitrogens is 1. The van der Waals surface area contributed by atoms with E-state index in [-0.39, 0.29) is 5.78 Å². The Labute approximate surface area is 146 Å². The van der Waals surface area contributed by atoms with Gasteiger partial charge in [0.15, 0.2) is 17.3 Å². The van der Waals surface area contributed by atoms with Crippen molar-refractivity contribution in [1.82, 2.24) is 4.98 Å². The molecule has 6 nitrogen and oxygen atoms in total. The molecule has 0 bridgehead atoms. The molecule has 122 valence electrons. The highest BCUT2D eigenvalue weighted by Gasteiger charge is 2.11. The molecule has 0 spiro atoms. The van der Waals surface area contributed by atoms with E-state index < -0.39 is 0 Å². The highest BCUT2D eigenvalue weighted by molar-refractivity contribution is 9.10. The second-order valence-electron chi connectivity index (χ2n) is 4.60. The molecule has 0 unspecified atom stereocenters. The summed E-state index contributed by atoms with van der Waals surface area (Å²) in [5.74, 6) is 1.23. The molecule has 0 aliphatic carbocycles. The van der Waals surface area contributed by atoms with E-state index in [0.717, 1.165) is 10.0 Å². The Morgan fingerprint density at radius 2 is 2.13 bits per heavy atom. The lowest BCUT2D eigenvalue weighted by Crippen LogP contribution is -1.95. The number of hydrogen-bond donors (Lipinski definition) is 1. The highest BCUT2D eigenvalue weighted by Crippen LogP contribution is 2.35. The van der Waals surface area contributed by atoms with Crippen molar-refractivity contribution >= 4 is 44.4 Å². The average Bonchev–Trinajstić information content (AvgIpc) is 2.87. The van der Waals surface area contributed by atoms with E-state index >= 15 is 0 Å². The predicted octanol–water partition coefficient (Wildman–Crippen LogP) is 3.88. The number of rotatable bonds is 6. The average molecular weight is 398 g/mol. The molecular weight excluding hydrogens is 382 g/mol. The van der Waals surface area contributed by atoms with Gasteiger partial charge >= 0.3 is 0 Å². The number of methoxy groups -OCH3 is 2. The maximum atomic E-state index is 11.4. The zero-order chi connectivity index (χ0) is 17.0. The summed E-state index contributed by atoms with van der Waals surface area (Å²) >= 11 is 4.71. The molecule has 1 heterocycles. The van der Waals surface area contributed by atoms with Crippen molar-refractivity contribution in [2.75, 3.05) is 19.6 Å². The first-order chi connectivity index (χ1) is 11.0. The van der Waals surface area contributed by atoms with Crippen molar-refractivity contribution in [1.29, 1.82) is 0 Å². The summed E-state index contributed by atoms with van der Waals surface area (Å²) in [6, 6.07) is 3.67. The van der Waals surface area contributed by atoms with E-state index in [4.69, 9.17) is 9.47 Å². The van der Waals surface area contributed by atoms with Crippen LogP contribution < -0.4 is 14.9 Å². The molecule has 0 atom stereocenters. The Hall–Kier alpha value is -1.93. The largest absolute Gasteiger partial charge is 0.493 e. The van der Waals surface area contributed by atoms with Crippen LogP contribution in [0.4, 0.5) is 5.13 Å². The second kappa shape index (κ2) is 7.56. The van der Waals surface area contributed by atoms with Gasteiger partial charge in [0.05, 0.1) is 35.5 Å². The van der Waals surface area contributed by atoms with Crippen LogP contribution in [-0.4, -0.2) is 31.2 Å². The number of Topliss-reactive ketones (excluding diaryl/α,β-unsaturated/α-hetero) is 1. The van der Waals surface area contributed by atoms with Gasteiger partial charge in [0.25, 0.3) is 0 Å². The van der Waals surface area contributed by atoms with Gasteiger partial charge in [-0.05, 0) is 40.5 Å². The van der Waals surface area contributed by atoms with Gasteiger partial charge in [-0.3, -0.25) is 10.2 Å². The third-order valence-corrected chi connectivity index (χ3v) is 4.70. The van der Waals surface area contributed by atoms with Gasteiger partial charge < -0.3 is 9.47 Å². The lowest BCUT2D eigenvalue weighted by atomic mass is 10.2. The van der Waals surface area contributed by atoms with Gasteiger partial charge in [0.2, 0.25) is 5.13 Å². The zero-order valence-electron chi connectivity index (χ0n) is 13.1. The quantitative estimate of drug-likeness (QED) is 0.454. The zero-order valence-corrected chi connectivity index (χ0v) is 15.5. The second-order valence-corrected chi connectivity index (χ2v) is 6.45. The Morgan fingerprint density at radius 3 is 2.70 bits per heavy atom. The number of ketones is 1. The van der Waals surface area contributed by atoms with Gasteiger partial charge in [-0.1, -0.05) is 11.3 Å². The molecule has 0 radical (unpaired) electrons. The van der Waals surface area contributed by atoms with E-state index in [1.54, 1.807) is 27.4 Å².